The first-order chi connectivity index (χ1) is 5.76. The van der Waals surface area contributed by atoms with Gasteiger partial charge in [-0.25, -0.2) is 0 Å². The van der Waals surface area contributed by atoms with Crippen molar-refractivity contribution in [3.63, 3.8) is 0 Å². The second-order valence-electron chi connectivity index (χ2n) is 4.20. The molecule has 0 unspecified atom stereocenters. The van der Waals surface area contributed by atoms with E-state index in [4.69, 9.17) is 17.2 Å². The number of allylic oxidation sites excluding steroid dienone is 1. The Balaban J connectivity index is 3.27. The van der Waals surface area contributed by atoms with Crippen molar-refractivity contribution in [2.45, 2.75) is 20.8 Å². The van der Waals surface area contributed by atoms with Gasteiger partial charge in [-0.3, -0.25) is 4.79 Å². The maximum absolute atomic E-state index is 11.6. The summed E-state index contributed by atoms with van der Waals surface area (Å²) in [6, 6.07) is 0. The molecular formula is C9H15N3O. The normalized spacial score (nSPS) is 18.8. The lowest BCUT2D eigenvalue weighted by Gasteiger charge is -2.20. The summed E-state index contributed by atoms with van der Waals surface area (Å²) in [5.41, 5.74) is 17.5. The summed E-state index contributed by atoms with van der Waals surface area (Å²) < 4.78 is 0. The van der Waals surface area contributed by atoms with Gasteiger partial charge >= 0.3 is 0 Å². The summed E-state index contributed by atoms with van der Waals surface area (Å²) in [4.78, 5) is 11.6. The van der Waals surface area contributed by atoms with E-state index in [1.807, 2.05) is 20.8 Å². The van der Waals surface area contributed by atoms with E-state index in [0.29, 0.717) is 11.3 Å². The predicted molar refractivity (Wildman–Crippen MR) is 51.1 cm³/mol. The fourth-order valence-corrected chi connectivity index (χ4v) is 1.40. The third kappa shape index (κ3) is 1.28. The minimum absolute atomic E-state index is 0.0717. The second-order valence-corrected chi connectivity index (χ2v) is 4.20. The first kappa shape index (κ1) is 9.64. The molecule has 0 heterocycles. The SMILES string of the molecule is CC(C)(C)C1=C(N)C(N)=C(N)C1=O. The Labute approximate surface area is 77.5 Å². The van der Waals surface area contributed by atoms with Gasteiger partial charge < -0.3 is 17.2 Å². The standard InChI is InChI=1S/C9H15N3O/c1-9(2,3)4-5(10)6(11)7(12)8(4)13/h1-3H3,(H6,10,11,12,13). The summed E-state index contributed by atoms with van der Waals surface area (Å²) in [5, 5.41) is 0. The van der Waals surface area contributed by atoms with Crippen LogP contribution in [-0.2, 0) is 4.79 Å². The summed E-state index contributed by atoms with van der Waals surface area (Å²) in [7, 11) is 0. The summed E-state index contributed by atoms with van der Waals surface area (Å²) >= 11 is 0. The van der Waals surface area contributed by atoms with Crippen LogP contribution in [0.3, 0.4) is 0 Å². The summed E-state index contributed by atoms with van der Waals surface area (Å²) in [6.07, 6.45) is 0. The molecule has 13 heavy (non-hydrogen) atoms. The van der Waals surface area contributed by atoms with Gasteiger partial charge in [0.1, 0.15) is 5.70 Å². The Kier molecular flexibility index (Phi) is 1.87. The summed E-state index contributed by atoms with van der Waals surface area (Å²) in [5.74, 6) is -0.234. The smallest absolute Gasteiger partial charge is 0.209 e. The number of hydrogen-bond acceptors (Lipinski definition) is 4. The third-order valence-electron chi connectivity index (χ3n) is 2.07. The largest absolute Gasteiger partial charge is 0.397 e. The molecule has 0 aromatic carbocycles. The lowest BCUT2D eigenvalue weighted by molar-refractivity contribution is -0.113. The Morgan fingerprint density at radius 1 is 0.923 bits per heavy atom. The molecule has 0 amide bonds. The molecule has 1 rings (SSSR count). The molecule has 0 saturated carbocycles. The van der Waals surface area contributed by atoms with Crippen molar-refractivity contribution in [2.75, 3.05) is 0 Å². The van der Waals surface area contributed by atoms with Gasteiger partial charge in [-0.2, -0.15) is 0 Å². The molecular weight excluding hydrogens is 166 g/mol. The zero-order valence-electron chi connectivity index (χ0n) is 8.14. The lowest BCUT2D eigenvalue weighted by atomic mass is 9.84. The van der Waals surface area contributed by atoms with E-state index in [1.54, 1.807) is 0 Å². The van der Waals surface area contributed by atoms with E-state index in [9.17, 15) is 4.79 Å². The van der Waals surface area contributed by atoms with E-state index in [-0.39, 0.29) is 22.6 Å². The molecule has 0 atom stereocenters. The van der Waals surface area contributed by atoms with E-state index >= 15 is 0 Å². The van der Waals surface area contributed by atoms with Crippen LogP contribution < -0.4 is 17.2 Å². The number of rotatable bonds is 0. The molecule has 0 fully saturated rings. The average Bonchev–Trinajstić information content (AvgIpc) is 2.14. The number of hydrogen-bond donors (Lipinski definition) is 3. The number of nitrogens with two attached hydrogens (primary N) is 3. The fraction of sp³-hybridized carbons (Fsp3) is 0.444. The zero-order valence-corrected chi connectivity index (χ0v) is 8.14. The molecule has 0 bridgehead atoms. The fourth-order valence-electron chi connectivity index (χ4n) is 1.40. The first-order valence-electron chi connectivity index (χ1n) is 4.07. The van der Waals surface area contributed by atoms with E-state index in [2.05, 4.69) is 0 Å². The monoisotopic (exact) mass is 181 g/mol. The Hall–Kier alpha value is -1.45. The maximum atomic E-state index is 11.6. The van der Waals surface area contributed by atoms with Gasteiger partial charge in [-0.1, -0.05) is 20.8 Å². The molecule has 0 spiro atoms. The van der Waals surface area contributed by atoms with Crippen LogP contribution in [0.15, 0.2) is 22.7 Å². The van der Waals surface area contributed by atoms with Crippen LogP contribution in [-0.4, -0.2) is 5.78 Å². The van der Waals surface area contributed by atoms with Gasteiger partial charge in [-0.05, 0) is 5.41 Å². The van der Waals surface area contributed by atoms with Crippen molar-refractivity contribution in [3.8, 4) is 0 Å². The number of carbonyl (C=O) groups excluding carboxylic acids is 1. The molecule has 0 aromatic heterocycles. The van der Waals surface area contributed by atoms with Gasteiger partial charge in [-0.15, -0.1) is 0 Å². The Bertz CT molecular complexity index is 331. The first-order valence-corrected chi connectivity index (χ1v) is 4.07. The van der Waals surface area contributed by atoms with Crippen LogP contribution in [0.25, 0.3) is 0 Å². The van der Waals surface area contributed by atoms with E-state index in [1.165, 1.54) is 0 Å². The average molecular weight is 181 g/mol. The molecule has 4 nitrogen and oxygen atoms in total. The molecule has 0 radical (unpaired) electrons. The minimum atomic E-state index is -0.313. The van der Waals surface area contributed by atoms with Crippen LogP contribution >= 0.6 is 0 Å². The highest BCUT2D eigenvalue weighted by molar-refractivity contribution is 6.13. The van der Waals surface area contributed by atoms with Crippen molar-refractivity contribution >= 4 is 5.78 Å². The quantitative estimate of drug-likeness (QED) is 0.488. The molecule has 72 valence electrons. The topological polar surface area (TPSA) is 95.1 Å². The van der Waals surface area contributed by atoms with Crippen molar-refractivity contribution in [3.05, 3.63) is 22.7 Å². The van der Waals surface area contributed by atoms with Gasteiger partial charge in [0.15, 0.2) is 0 Å². The molecule has 0 aliphatic heterocycles. The van der Waals surface area contributed by atoms with Gasteiger partial charge in [0.25, 0.3) is 0 Å². The highest BCUT2D eigenvalue weighted by Gasteiger charge is 2.34. The molecule has 0 saturated heterocycles. The summed E-state index contributed by atoms with van der Waals surface area (Å²) in [6.45, 7) is 5.71. The zero-order chi connectivity index (χ0) is 10.4. The number of Topliss-reactive ketones (excluding diaryl/α,β-unsaturated/α-hetero) is 1. The Morgan fingerprint density at radius 3 is 1.54 bits per heavy atom. The number of carbonyl (C=O) groups is 1. The van der Waals surface area contributed by atoms with Gasteiger partial charge in [0.05, 0.1) is 11.4 Å². The van der Waals surface area contributed by atoms with Crippen LogP contribution in [0, 0.1) is 5.41 Å². The molecule has 4 heteroatoms. The Morgan fingerprint density at radius 2 is 1.38 bits per heavy atom. The van der Waals surface area contributed by atoms with Gasteiger partial charge in [0, 0.05) is 5.57 Å². The van der Waals surface area contributed by atoms with Crippen molar-refractivity contribution in [2.24, 2.45) is 22.6 Å². The van der Waals surface area contributed by atoms with Crippen LogP contribution in [0.4, 0.5) is 0 Å². The highest BCUT2D eigenvalue weighted by atomic mass is 16.1. The molecule has 1 aliphatic carbocycles. The van der Waals surface area contributed by atoms with Crippen molar-refractivity contribution in [1.82, 2.24) is 0 Å². The molecule has 1 aliphatic rings. The lowest BCUT2D eigenvalue weighted by Crippen LogP contribution is -2.21. The third-order valence-corrected chi connectivity index (χ3v) is 2.07. The van der Waals surface area contributed by atoms with Crippen LogP contribution in [0.2, 0.25) is 0 Å². The molecule has 6 N–H and O–H groups in total. The van der Waals surface area contributed by atoms with E-state index < -0.39 is 0 Å². The van der Waals surface area contributed by atoms with Gasteiger partial charge in [0.2, 0.25) is 5.78 Å². The van der Waals surface area contributed by atoms with Crippen LogP contribution in [0.5, 0.6) is 0 Å². The van der Waals surface area contributed by atoms with E-state index in [0.717, 1.165) is 0 Å². The second kappa shape index (κ2) is 2.52. The predicted octanol–water partition coefficient (Wildman–Crippen LogP) is -0.0430. The highest BCUT2D eigenvalue weighted by Crippen LogP contribution is 2.34. The maximum Gasteiger partial charge on any atom is 0.209 e. The van der Waals surface area contributed by atoms with Crippen molar-refractivity contribution in [1.29, 1.82) is 0 Å². The minimum Gasteiger partial charge on any atom is -0.397 e. The van der Waals surface area contributed by atoms with Crippen molar-refractivity contribution < 1.29 is 4.79 Å². The number of ketones is 1. The van der Waals surface area contributed by atoms with Crippen LogP contribution in [0.1, 0.15) is 20.8 Å². The molecule has 0 aromatic rings.